The molecule has 9 heteroatoms. The Labute approximate surface area is 299 Å². The summed E-state index contributed by atoms with van der Waals surface area (Å²) in [4.78, 5) is 12.9. The van der Waals surface area contributed by atoms with Crippen LogP contribution in [0, 0.1) is 0 Å². The number of nitrogens with one attached hydrogen (secondary N) is 1. The second-order valence-corrected chi connectivity index (χ2v) is 14.4. The van der Waals surface area contributed by atoms with E-state index in [1.807, 2.05) is 6.08 Å². The first-order chi connectivity index (χ1) is 23.8. The summed E-state index contributed by atoms with van der Waals surface area (Å²) in [7, 11) is 0. The molecule has 0 aromatic rings. The Morgan fingerprint density at radius 3 is 1.59 bits per heavy atom. The van der Waals surface area contributed by atoms with Crippen LogP contribution in [-0.2, 0) is 14.3 Å². The first-order valence-corrected chi connectivity index (χ1v) is 20.4. The number of amides is 1. The standard InChI is InChI=1S/C40H77NO8/c1-3-5-7-9-11-13-15-17-19-21-23-25-27-29-34(43)33(32-48-40-39(47)38(46)37(45)35(31-42)49-40)41-36(44)30-28-26-24-22-20-18-16-14-12-10-8-6-4-2/h27,29,33-35,37-40,42-43,45-47H,3-26,28,30-32H2,1-2H3,(H,41,44)/b29-27+/t33-,34+,35-,37-,38?,39?,40-/m0/s1. The van der Waals surface area contributed by atoms with Crippen molar-refractivity contribution in [2.75, 3.05) is 13.2 Å². The summed E-state index contributed by atoms with van der Waals surface area (Å²) in [5.74, 6) is -0.178. The molecule has 1 aliphatic rings. The molecule has 1 rings (SSSR count). The molecule has 0 aliphatic carbocycles. The van der Waals surface area contributed by atoms with E-state index in [2.05, 4.69) is 19.2 Å². The highest BCUT2D eigenvalue weighted by molar-refractivity contribution is 5.76. The van der Waals surface area contributed by atoms with Crippen molar-refractivity contribution in [1.82, 2.24) is 5.32 Å². The fraction of sp³-hybridized carbons (Fsp3) is 0.925. The Kier molecular flexibility index (Phi) is 29.7. The van der Waals surface area contributed by atoms with Gasteiger partial charge < -0.3 is 40.3 Å². The van der Waals surface area contributed by atoms with Gasteiger partial charge in [0.05, 0.1) is 25.4 Å². The maximum atomic E-state index is 12.9. The highest BCUT2D eigenvalue weighted by atomic mass is 16.7. The lowest BCUT2D eigenvalue weighted by Gasteiger charge is -2.40. The largest absolute Gasteiger partial charge is 0.394 e. The van der Waals surface area contributed by atoms with Crippen LogP contribution in [0.1, 0.15) is 181 Å². The van der Waals surface area contributed by atoms with Gasteiger partial charge in [-0.15, -0.1) is 0 Å². The van der Waals surface area contributed by atoms with Crippen LogP contribution in [0.3, 0.4) is 0 Å². The van der Waals surface area contributed by atoms with Crippen molar-refractivity contribution in [1.29, 1.82) is 0 Å². The molecule has 7 atom stereocenters. The lowest BCUT2D eigenvalue weighted by Crippen LogP contribution is -2.60. The number of hydrogen-bond acceptors (Lipinski definition) is 8. The lowest BCUT2D eigenvalue weighted by atomic mass is 9.99. The molecule has 6 N–H and O–H groups in total. The van der Waals surface area contributed by atoms with Gasteiger partial charge >= 0.3 is 0 Å². The van der Waals surface area contributed by atoms with Crippen LogP contribution in [0.15, 0.2) is 12.2 Å². The minimum atomic E-state index is -1.56. The molecule has 290 valence electrons. The SMILES string of the molecule is CCCCCCCCCCCCC/C=C/[C@@H](O)[C@H](CO[C@H]1O[C@@H](CO)[C@H](O)C(O)C1O)NC(=O)CCCCCCCCCCCCCCC. The highest BCUT2D eigenvalue weighted by Gasteiger charge is 2.44. The van der Waals surface area contributed by atoms with Gasteiger partial charge in [-0.05, 0) is 19.3 Å². The normalized spacial score (nSPS) is 22.5. The Hall–Kier alpha value is -1.07. The summed E-state index contributed by atoms with van der Waals surface area (Å²) in [5.41, 5.74) is 0. The van der Waals surface area contributed by atoms with E-state index in [1.165, 1.54) is 122 Å². The van der Waals surface area contributed by atoms with Crippen molar-refractivity contribution in [3.8, 4) is 0 Å². The monoisotopic (exact) mass is 700 g/mol. The number of aliphatic hydroxyl groups is 5. The van der Waals surface area contributed by atoms with E-state index in [-0.39, 0.29) is 12.5 Å². The van der Waals surface area contributed by atoms with Crippen molar-refractivity contribution < 1.29 is 39.8 Å². The fourth-order valence-electron chi connectivity index (χ4n) is 6.51. The van der Waals surface area contributed by atoms with Crippen LogP contribution in [-0.4, -0.2) is 87.5 Å². The quantitative estimate of drug-likeness (QED) is 0.0307. The molecule has 0 aromatic carbocycles. The Bertz CT molecular complexity index is 781. The van der Waals surface area contributed by atoms with E-state index in [4.69, 9.17) is 9.47 Å². The van der Waals surface area contributed by atoms with Crippen LogP contribution in [0.2, 0.25) is 0 Å². The molecule has 1 heterocycles. The molecule has 1 saturated heterocycles. The third-order valence-corrected chi connectivity index (χ3v) is 9.86. The number of carbonyl (C=O) groups is 1. The van der Waals surface area contributed by atoms with Crippen LogP contribution in [0.4, 0.5) is 0 Å². The zero-order valence-corrected chi connectivity index (χ0v) is 31.5. The van der Waals surface area contributed by atoms with Gasteiger partial charge in [-0.25, -0.2) is 0 Å². The summed E-state index contributed by atoms with van der Waals surface area (Å²) in [6.07, 6.45) is 26.7. The predicted octanol–water partition coefficient (Wildman–Crippen LogP) is 7.39. The lowest BCUT2D eigenvalue weighted by molar-refractivity contribution is -0.302. The number of unbranched alkanes of at least 4 members (excludes halogenated alkanes) is 23. The molecular weight excluding hydrogens is 622 g/mol. The van der Waals surface area contributed by atoms with Crippen molar-refractivity contribution in [2.45, 2.75) is 224 Å². The van der Waals surface area contributed by atoms with Crippen LogP contribution < -0.4 is 5.32 Å². The summed E-state index contributed by atoms with van der Waals surface area (Å²) >= 11 is 0. The third kappa shape index (κ3) is 23.2. The van der Waals surface area contributed by atoms with Gasteiger partial charge in [0.2, 0.25) is 5.91 Å². The van der Waals surface area contributed by atoms with E-state index in [9.17, 15) is 30.3 Å². The second-order valence-electron chi connectivity index (χ2n) is 14.4. The summed E-state index contributed by atoms with van der Waals surface area (Å²) < 4.78 is 11.2. The van der Waals surface area contributed by atoms with E-state index < -0.39 is 49.5 Å². The molecular formula is C40H77NO8. The molecule has 0 saturated carbocycles. The van der Waals surface area contributed by atoms with Crippen molar-refractivity contribution in [2.24, 2.45) is 0 Å². The molecule has 0 bridgehead atoms. The minimum absolute atomic E-state index is 0.178. The Morgan fingerprint density at radius 2 is 1.12 bits per heavy atom. The highest BCUT2D eigenvalue weighted by Crippen LogP contribution is 2.22. The van der Waals surface area contributed by atoms with E-state index >= 15 is 0 Å². The van der Waals surface area contributed by atoms with Crippen molar-refractivity contribution in [3.63, 3.8) is 0 Å². The number of carbonyl (C=O) groups excluding carboxylic acids is 1. The number of aliphatic hydroxyl groups excluding tert-OH is 5. The van der Waals surface area contributed by atoms with Gasteiger partial charge in [0, 0.05) is 6.42 Å². The Morgan fingerprint density at radius 1 is 0.673 bits per heavy atom. The van der Waals surface area contributed by atoms with E-state index in [0.717, 1.165) is 38.5 Å². The zero-order chi connectivity index (χ0) is 36.0. The molecule has 0 aromatic heterocycles. The number of allylic oxidation sites excluding steroid dienone is 1. The van der Waals surface area contributed by atoms with Crippen molar-refractivity contribution >= 4 is 5.91 Å². The summed E-state index contributed by atoms with van der Waals surface area (Å²) in [5, 5.41) is 53.9. The average Bonchev–Trinajstić information content (AvgIpc) is 3.10. The Balaban J connectivity index is 2.43. The second kappa shape index (κ2) is 31.6. The number of hydrogen-bond donors (Lipinski definition) is 6. The maximum Gasteiger partial charge on any atom is 0.220 e. The molecule has 49 heavy (non-hydrogen) atoms. The molecule has 1 aliphatic heterocycles. The first kappa shape index (κ1) is 46.0. The first-order valence-electron chi connectivity index (χ1n) is 20.4. The molecule has 9 nitrogen and oxygen atoms in total. The fourth-order valence-corrected chi connectivity index (χ4v) is 6.51. The molecule has 0 radical (unpaired) electrons. The smallest absolute Gasteiger partial charge is 0.220 e. The zero-order valence-electron chi connectivity index (χ0n) is 31.5. The summed E-state index contributed by atoms with van der Waals surface area (Å²) in [6.45, 7) is 3.75. The van der Waals surface area contributed by atoms with Gasteiger partial charge in [-0.2, -0.15) is 0 Å². The van der Waals surface area contributed by atoms with Gasteiger partial charge in [0.1, 0.15) is 24.4 Å². The molecule has 2 unspecified atom stereocenters. The average molecular weight is 700 g/mol. The number of ether oxygens (including phenoxy) is 2. The van der Waals surface area contributed by atoms with Crippen molar-refractivity contribution in [3.05, 3.63) is 12.2 Å². The molecule has 1 amide bonds. The van der Waals surface area contributed by atoms with Crippen LogP contribution in [0.5, 0.6) is 0 Å². The number of rotatable bonds is 33. The summed E-state index contributed by atoms with van der Waals surface area (Å²) in [6, 6.07) is -0.796. The van der Waals surface area contributed by atoms with Crippen LogP contribution >= 0.6 is 0 Å². The van der Waals surface area contributed by atoms with E-state index in [1.54, 1.807) is 6.08 Å². The van der Waals surface area contributed by atoms with Gasteiger partial charge in [-0.3, -0.25) is 4.79 Å². The topological polar surface area (TPSA) is 149 Å². The maximum absolute atomic E-state index is 12.9. The molecule has 1 fully saturated rings. The van der Waals surface area contributed by atoms with E-state index in [0.29, 0.717) is 6.42 Å². The van der Waals surface area contributed by atoms with Crippen LogP contribution in [0.25, 0.3) is 0 Å². The predicted molar refractivity (Wildman–Crippen MR) is 198 cm³/mol. The minimum Gasteiger partial charge on any atom is -0.394 e. The van der Waals surface area contributed by atoms with Gasteiger partial charge in [-0.1, -0.05) is 167 Å². The van der Waals surface area contributed by atoms with Gasteiger partial charge in [0.15, 0.2) is 6.29 Å². The third-order valence-electron chi connectivity index (χ3n) is 9.86. The van der Waals surface area contributed by atoms with Gasteiger partial charge in [0.25, 0.3) is 0 Å². The molecule has 0 spiro atoms.